The summed E-state index contributed by atoms with van der Waals surface area (Å²) in [5, 5.41) is 0.711. The van der Waals surface area contributed by atoms with Crippen molar-refractivity contribution < 1.29 is 4.79 Å². The lowest BCUT2D eigenvalue weighted by molar-refractivity contribution is -0.137. The lowest BCUT2D eigenvalue weighted by Crippen LogP contribution is -2.53. The molecule has 0 aromatic heterocycles. The molecule has 2 aromatic carbocycles. The number of halogens is 1. The molecule has 5 rings (SSSR count). The van der Waals surface area contributed by atoms with Crippen molar-refractivity contribution in [3.8, 4) is 0 Å². The highest BCUT2D eigenvalue weighted by atomic mass is 35.5. The van der Waals surface area contributed by atoms with Crippen LogP contribution in [0.15, 0.2) is 54.6 Å². The number of carbonyl (C=O) groups excluding carboxylic acids is 1. The van der Waals surface area contributed by atoms with Crippen LogP contribution in [0, 0.1) is 11.8 Å². The standard InChI is InChI=1S/C26H31ClN2O/c27-23-11-7-10-21(14-23)15-25(30)29-18-22-17-28(16-20-8-3-1-4-9-20)19-24(22)26(29)12-5-2-6-13-26/h1,3-4,7-11,14,22,24H,2,5-6,12-13,15-19H2. The third kappa shape index (κ3) is 3.78. The molecule has 2 aliphatic heterocycles. The van der Waals surface area contributed by atoms with Crippen molar-refractivity contribution in [1.82, 2.24) is 9.80 Å². The van der Waals surface area contributed by atoms with Crippen molar-refractivity contribution in [2.24, 2.45) is 11.8 Å². The fraction of sp³-hybridized carbons (Fsp3) is 0.500. The minimum Gasteiger partial charge on any atom is -0.336 e. The number of benzene rings is 2. The molecule has 2 atom stereocenters. The molecule has 3 nitrogen and oxygen atoms in total. The number of hydrogen-bond donors (Lipinski definition) is 0. The molecule has 158 valence electrons. The van der Waals surface area contributed by atoms with E-state index in [0.29, 0.717) is 29.2 Å². The van der Waals surface area contributed by atoms with E-state index in [1.165, 1.54) is 37.7 Å². The van der Waals surface area contributed by atoms with Crippen molar-refractivity contribution >= 4 is 17.5 Å². The first kappa shape index (κ1) is 20.1. The number of rotatable bonds is 4. The summed E-state index contributed by atoms with van der Waals surface area (Å²) in [4.78, 5) is 18.4. The van der Waals surface area contributed by atoms with Gasteiger partial charge in [0.25, 0.3) is 0 Å². The van der Waals surface area contributed by atoms with E-state index in [2.05, 4.69) is 40.1 Å². The number of carbonyl (C=O) groups is 1. The first-order valence-electron chi connectivity index (χ1n) is 11.5. The molecule has 2 aromatic rings. The molecule has 3 fully saturated rings. The van der Waals surface area contributed by atoms with Gasteiger partial charge in [0.15, 0.2) is 0 Å². The van der Waals surface area contributed by atoms with E-state index in [1.807, 2.05) is 24.3 Å². The zero-order valence-electron chi connectivity index (χ0n) is 17.6. The van der Waals surface area contributed by atoms with Crippen molar-refractivity contribution in [2.45, 2.75) is 50.6 Å². The first-order valence-corrected chi connectivity index (χ1v) is 11.8. The van der Waals surface area contributed by atoms with Crippen LogP contribution in [0.1, 0.15) is 43.2 Å². The summed E-state index contributed by atoms with van der Waals surface area (Å²) in [5.74, 6) is 1.52. The van der Waals surface area contributed by atoms with E-state index in [-0.39, 0.29) is 5.54 Å². The molecule has 1 spiro atoms. The predicted octanol–water partition coefficient (Wildman–Crippen LogP) is 5.18. The molecule has 4 heteroatoms. The lowest BCUT2D eigenvalue weighted by Gasteiger charge is -2.45. The second-order valence-electron chi connectivity index (χ2n) is 9.52. The van der Waals surface area contributed by atoms with Crippen LogP contribution >= 0.6 is 11.6 Å². The Labute approximate surface area is 185 Å². The van der Waals surface area contributed by atoms with Gasteiger partial charge in [-0.1, -0.05) is 73.3 Å². The lowest BCUT2D eigenvalue weighted by atomic mass is 9.71. The summed E-state index contributed by atoms with van der Waals surface area (Å²) in [5.41, 5.74) is 2.49. The van der Waals surface area contributed by atoms with Gasteiger partial charge in [-0.3, -0.25) is 9.69 Å². The van der Waals surface area contributed by atoms with E-state index in [1.54, 1.807) is 0 Å². The molecule has 1 aliphatic carbocycles. The van der Waals surface area contributed by atoms with Crippen LogP contribution < -0.4 is 0 Å². The fourth-order valence-electron chi connectivity index (χ4n) is 6.41. The molecular formula is C26H31ClN2O. The highest BCUT2D eigenvalue weighted by Crippen LogP contribution is 2.51. The van der Waals surface area contributed by atoms with Gasteiger partial charge in [0.2, 0.25) is 5.91 Å². The minimum absolute atomic E-state index is 0.0734. The smallest absolute Gasteiger partial charge is 0.227 e. The largest absolute Gasteiger partial charge is 0.336 e. The summed E-state index contributed by atoms with van der Waals surface area (Å²) in [6.07, 6.45) is 6.63. The highest BCUT2D eigenvalue weighted by Gasteiger charge is 2.57. The van der Waals surface area contributed by atoms with Crippen LogP contribution in [-0.2, 0) is 17.8 Å². The van der Waals surface area contributed by atoms with E-state index >= 15 is 0 Å². The summed E-state index contributed by atoms with van der Waals surface area (Å²) in [7, 11) is 0. The summed E-state index contributed by atoms with van der Waals surface area (Å²) in [6, 6.07) is 18.6. The first-order chi connectivity index (χ1) is 14.6. The normalized spacial score (nSPS) is 25.6. The Morgan fingerprint density at radius 1 is 0.933 bits per heavy atom. The van der Waals surface area contributed by atoms with Crippen molar-refractivity contribution in [2.75, 3.05) is 19.6 Å². The van der Waals surface area contributed by atoms with Gasteiger partial charge in [-0.25, -0.2) is 0 Å². The Morgan fingerprint density at radius 2 is 1.70 bits per heavy atom. The third-order valence-corrected chi connectivity index (χ3v) is 7.91. The van der Waals surface area contributed by atoms with Gasteiger partial charge >= 0.3 is 0 Å². The molecule has 0 radical (unpaired) electrons. The average molecular weight is 423 g/mol. The van der Waals surface area contributed by atoms with Gasteiger partial charge in [0.1, 0.15) is 0 Å². The molecule has 2 saturated heterocycles. The zero-order valence-corrected chi connectivity index (χ0v) is 18.4. The fourth-order valence-corrected chi connectivity index (χ4v) is 6.63. The van der Waals surface area contributed by atoms with Crippen molar-refractivity contribution in [3.63, 3.8) is 0 Å². The Morgan fingerprint density at radius 3 is 2.47 bits per heavy atom. The monoisotopic (exact) mass is 422 g/mol. The van der Waals surface area contributed by atoms with Gasteiger partial charge in [-0.05, 0) is 42.0 Å². The predicted molar refractivity (Wildman–Crippen MR) is 121 cm³/mol. The molecule has 1 saturated carbocycles. The summed E-state index contributed by atoms with van der Waals surface area (Å²) < 4.78 is 0. The van der Waals surface area contributed by atoms with E-state index in [4.69, 9.17) is 11.6 Å². The molecule has 1 amide bonds. The number of fused-ring (bicyclic) bond motifs is 2. The van der Waals surface area contributed by atoms with Crippen LogP contribution in [0.25, 0.3) is 0 Å². The molecule has 3 aliphatic rings. The number of likely N-dealkylation sites (tertiary alicyclic amines) is 2. The molecule has 0 bridgehead atoms. The maximum Gasteiger partial charge on any atom is 0.227 e. The Hall–Kier alpha value is -1.84. The Kier molecular flexibility index (Phi) is 5.59. The summed E-state index contributed by atoms with van der Waals surface area (Å²) >= 11 is 6.16. The average Bonchev–Trinajstić information content (AvgIpc) is 3.27. The SMILES string of the molecule is O=C(Cc1cccc(Cl)c1)N1CC2CN(Cc3ccccc3)CC2C12CCCCC2. The zero-order chi connectivity index (χ0) is 20.6. The Balaban J connectivity index is 1.34. The molecule has 30 heavy (non-hydrogen) atoms. The van der Waals surface area contributed by atoms with Crippen molar-refractivity contribution in [1.29, 1.82) is 0 Å². The highest BCUT2D eigenvalue weighted by molar-refractivity contribution is 6.30. The van der Waals surface area contributed by atoms with Crippen LogP contribution in [0.4, 0.5) is 0 Å². The molecule has 2 unspecified atom stereocenters. The quantitative estimate of drug-likeness (QED) is 0.678. The number of hydrogen-bond acceptors (Lipinski definition) is 2. The second kappa shape index (κ2) is 8.36. The third-order valence-electron chi connectivity index (χ3n) is 7.68. The van der Waals surface area contributed by atoms with E-state index in [9.17, 15) is 4.79 Å². The van der Waals surface area contributed by atoms with Gasteiger partial charge in [0, 0.05) is 42.7 Å². The maximum absolute atomic E-state index is 13.5. The summed E-state index contributed by atoms with van der Waals surface area (Å²) in [6.45, 7) is 4.19. The molecule has 2 heterocycles. The Bertz CT molecular complexity index is 893. The topological polar surface area (TPSA) is 23.6 Å². The van der Waals surface area contributed by atoms with Crippen molar-refractivity contribution in [3.05, 3.63) is 70.7 Å². The van der Waals surface area contributed by atoms with Gasteiger partial charge < -0.3 is 4.90 Å². The minimum atomic E-state index is 0.0734. The number of nitrogens with zero attached hydrogens (tertiary/aromatic N) is 2. The molecular weight excluding hydrogens is 392 g/mol. The van der Waals surface area contributed by atoms with Crippen LogP contribution in [0.3, 0.4) is 0 Å². The van der Waals surface area contributed by atoms with Crippen LogP contribution in [0.2, 0.25) is 5.02 Å². The van der Waals surface area contributed by atoms with E-state index < -0.39 is 0 Å². The molecule has 0 N–H and O–H groups in total. The van der Waals surface area contributed by atoms with Gasteiger partial charge in [-0.15, -0.1) is 0 Å². The number of amides is 1. The maximum atomic E-state index is 13.5. The van der Waals surface area contributed by atoms with Crippen LogP contribution in [0.5, 0.6) is 0 Å². The van der Waals surface area contributed by atoms with Gasteiger partial charge in [0.05, 0.1) is 6.42 Å². The van der Waals surface area contributed by atoms with Crippen LogP contribution in [-0.4, -0.2) is 40.9 Å². The van der Waals surface area contributed by atoms with Gasteiger partial charge in [-0.2, -0.15) is 0 Å². The second-order valence-corrected chi connectivity index (χ2v) is 9.96. The van der Waals surface area contributed by atoms with E-state index in [0.717, 1.165) is 31.7 Å².